The van der Waals surface area contributed by atoms with Gasteiger partial charge >= 0.3 is 0 Å². The Labute approximate surface area is 160 Å². The second-order valence-electron chi connectivity index (χ2n) is 9.09. The largest absolute Gasteiger partial charge is 0.417 e. The summed E-state index contributed by atoms with van der Waals surface area (Å²) in [6.07, 6.45) is 4.87. The van der Waals surface area contributed by atoms with Gasteiger partial charge in [0.15, 0.2) is 14.1 Å². The van der Waals surface area contributed by atoms with E-state index in [-0.39, 0.29) is 17.2 Å². The summed E-state index contributed by atoms with van der Waals surface area (Å²) < 4.78 is 17.4. The van der Waals surface area contributed by atoms with Gasteiger partial charge in [-0.2, -0.15) is 0 Å². The average molecular weight is 389 g/mol. The fourth-order valence-corrected chi connectivity index (χ4v) is 4.08. The van der Waals surface area contributed by atoms with Gasteiger partial charge in [-0.05, 0) is 43.8 Å². The summed E-state index contributed by atoms with van der Waals surface area (Å²) in [5.41, 5.74) is 0. The number of methoxy groups -OCH3 is 1. The minimum atomic E-state index is -1.70. The SMILES string of the molecule is COC1(CC(O)CC(=O)CCCCO[Si](C)(C)C(C)(C)C)CCCCO1. The lowest BCUT2D eigenvalue weighted by molar-refractivity contribution is -0.254. The van der Waals surface area contributed by atoms with E-state index in [0.717, 1.165) is 32.1 Å². The highest BCUT2D eigenvalue weighted by Crippen LogP contribution is 2.36. The van der Waals surface area contributed by atoms with Gasteiger partial charge in [-0.15, -0.1) is 0 Å². The number of unbranched alkanes of at least 4 members (excludes halogenated alkanes) is 1. The second-order valence-corrected chi connectivity index (χ2v) is 13.9. The lowest BCUT2D eigenvalue weighted by Crippen LogP contribution is -2.41. The van der Waals surface area contributed by atoms with Crippen LogP contribution in [0.3, 0.4) is 0 Å². The fourth-order valence-electron chi connectivity index (χ4n) is 3.00. The van der Waals surface area contributed by atoms with Crippen LogP contribution >= 0.6 is 0 Å². The molecule has 1 aliphatic heterocycles. The van der Waals surface area contributed by atoms with E-state index >= 15 is 0 Å². The highest BCUT2D eigenvalue weighted by atomic mass is 28.4. The Hall–Kier alpha value is -0.273. The maximum Gasteiger partial charge on any atom is 0.191 e. The van der Waals surface area contributed by atoms with Crippen LogP contribution in [0.4, 0.5) is 0 Å². The molecule has 6 heteroatoms. The summed E-state index contributed by atoms with van der Waals surface area (Å²) >= 11 is 0. The number of aliphatic hydroxyl groups excluding tert-OH is 1. The lowest BCUT2D eigenvalue weighted by Gasteiger charge is -2.37. The third kappa shape index (κ3) is 7.77. The summed E-state index contributed by atoms with van der Waals surface area (Å²) in [5.74, 6) is -0.610. The van der Waals surface area contributed by atoms with Crippen LogP contribution in [-0.4, -0.2) is 51.4 Å². The second kappa shape index (κ2) is 10.3. The van der Waals surface area contributed by atoms with Gasteiger partial charge in [0.1, 0.15) is 5.78 Å². The molecule has 1 fully saturated rings. The third-order valence-corrected chi connectivity index (χ3v) is 10.4. The van der Waals surface area contributed by atoms with E-state index in [1.54, 1.807) is 7.11 Å². The van der Waals surface area contributed by atoms with E-state index in [0.29, 0.717) is 26.1 Å². The number of carbonyl (C=O) groups excluding carboxylic acids is 1. The summed E-state index contributed by atoms with van der Waals surface area (Å²) in [4.78, 5) is 12.1. The Morgan fingerprint density at radius 2 is 1.96 bits per heavy atom. The zero-order valence-corrected chi connectivity index (χ0v) is 18.7. The molecule has 26 heavy (non-hydrogen) atoms. The monoisotopic (exact) mass is 388 g/mol. The molecule has 0 saturated carbocycles. The maximum atomic E-state index is 12.1. The van der Waals surface area contributed by atoms with E-state index in [4.69, 9.17) is 13.9 Å². The molecule has 0 amide bonds. The first-order valence-electron chi connectivity index (χ1n) is 10.0. The summed E-state index contributed by atoms with van der Waals surface area (Å²) in [7, 11) is -0.0854. The van der Waals surface area contributed by atoms with Crippen molar-refractivity contribution in [3.63, 3.8) is 0 Å². The number of hydrogen-bond donors (Lipinski definition) is 1. The van der Waals surface area contributed by atoms with Crippen molar-refractivity contribution in [2.45, 2.75) is 102 Å². The number of ether oxygens (including phenoxy) is 2. The van der Waals surface area contributed by atoms with Gasteiger partial charge in [-0.25, -0.2) is 0 Å². The quantitative estimate of drug-likeness (QED) is 0.419. The van der Waals surface area contributed by atoms with Gasteiger partial charge in [0.05, 0.1) is 12.7 Å². The predicted octanol–water partition coefficient (Wildman–Crippen LogP) is 4.43. The molecule has 1 saturated heterocycles. The molecule has 1 rings (SSSR count). The van der Waals surface area contributed by atoms with Crippen molar-refractivity contribution in [2.75, 3.05) is 20.3 Å². The standard InChI is InChI=1S/C20H40O5Si/c1-19(2,3)26(5,6)25-14-9-7-11-17(21)15-18(22)16-20(23-4)12-8-10-13-24-20/h18,22H,7-16H2,1-6H3. The smallest absolute Gasteiger partial charge is 0.191 e. The average Bonchev–Trinajstić information content (AvgIpc) is 2.54. The van der Waals surface area contributed by atoms with Crippen LogP contribution in [0.1, 0.15) is 72.1 Å². The first kappa shape index (κ1) is 23.8. The first-order valence-corrected chi connectivity index (χ1v) is 12.9. The highest BCUT2D eigenvalue weighted by Gasteiger charge is 2.37. The number of rotatable bonds is 11. The van der Waals surface area contributed by atoms with Crippen LogP contribution in [0.5, 0.6) is 0 Å². The van der Waals surface area contributed by atoms with E-state index in [9.17, 15) is 9.90 Å². The van der Waals surface area contributed by atoms with Crippen molar-refractivity contribution in [1.29, 1.82) is 0 Å². The van der Waals surface area contributed by atoms with E-state index in [1.165, 1.54) is 0 Å². The van der Waals surface area contributed by atoms with Crippen molar-refractivity contribution < 1.29 is 23.8 Å². The molecule has 0 aromatic rings. The molecular weight excluding hydrogens is 348 g/mol. The highest BCUT2D eigenvalue weighted by molar-refractivity contribution is 6.74. The number of ketones is 1. The van der Waals surface area contributed by atoms with Gasteiger partial charge in [-0.3, -0.25) is 4.79 Å². The molecule has 5 nitrogen and oxygen atoms in total. The summed E-state index contributed by atoms with van der Waals surface area (Å²) in [6, 6.07) is 0. The Balaban J connectivity index is 2.23. The lowest BCUT2D eigenvalue weighted by atomic mass is 9.96. The molecule has 0 bridgehead atoms. The van der Waals surface area contributed by atoms with Crippen LogP contribution in [0.15, 0.2) is 0 Å². The maximum absolute atomic E-state index is 12.1. The molecule has 0 aromatic carbocycles. The minimum Gasteiger partial charge on any atom is -0.417 e. The Bertz CT molecular complexity index is 424. The molecular formula is C20H40O5Si. The van der Waals surface area contributed by atoms with Crippen LogP contribution in [0.2, 0.25) is 18.1 Å². The van der Waals surface area contributed by atoms with E-state index in [1.807, 2.05) is 0 Å². The third-order valence-electron chi connectivity index (χ3n) is 5.82. The number of hydrogen-bond acceptors (Lipinski definition) is 5. The van der Waals surface area contributed by atoms with Gasteiger partial charge in [-0.1, -0.05) is 20.8 Å². The fraction of sp³-hybridized carbons (Fsp3) is 0.950. The van der Waals surface area contributed by atoms with Crippen molar-refractivity contribution in [3.8, 4) is 0 Å². The van der Waals surface area contributed by atoms with Crippen LogP contribution in [0.25, 0.3) is 0 Å². The summed E-state index contributed by atoms with van der Waals surface area (Å²) in [5, 5.41) is 10.5. The van der Waals surface area contributed by atoms with Gasteiger partial charge in [0, 0.05) is 39.4 Å². The van der Waals surface area contributed by atoms with Crippen molar-refractivity contribution in [1.82, 2.24) is 0 Å². The summed E-state index contributed by atoms with van der Waals surface area (Å²) in [6.45, 7) is 12.5. The van der Waals surface area contributed by atoms with E-state index in [2.05, 4.69) is 33.9 Å². The van der Waals surface area contributed by atoms with Crippen LogP contribution in [-0.2, 0) is 18.7 Å². The van der Waals surface area contributed by atoms with Crippen LogP contribution in [0, 0.1) is 0 Å². The van der Waals surface area contributed by atoms with Crippen molar-refractivity contribution in [3.05, 3.63) is 0 Å². The zero-order valence-electron chi connectivity index (χ0n) is 17.7. The van der Waals surface area contributed by atoms with Crippen molar-refractivity contribution in [2.24, 2.45) is 0 Å². The number of Topliss-reactive ketones (excluding diaryl/α,β-unsaturated/α-hetero) is 1. The van der Waals surface area contributed by atoms with Crippen molar-refractivity contribution >= 4 is 14.1 Å². The predicted molar refractivity (Wildman–Crippen MR) is 107 cm³/mol. The Kier molecular flexibility index (Phi) is 9.43. The Morgan fingerprint density at radius 1 is 1.27 bits per heavy atom. The number of carbonyl (C=O) groups is 1. The molecule has 0 spiro atoms. The molecule has 154 valence electrons. The molecule has 0 aliphatic carbocycles. The first-order chi connectivity index (χ1) is 12.0. The molecule has 0 aromatic heterocycles. The topological polar surface area (TPSA) is 65.0 Å². The number of aliphatic hydroxyl groups is 1. The minimum absolute atomic E-state index is 0.104. The molecule has 2 unspecified atom stereocenters. The Morgan fingerprint density at radius 3 is 2.50 bits per heavy atom. The van der Waals surface area contributed by atoms with Gasteiger partial charge in [0.2, 0.25) is 0 Å². The van der Waals surface area contributed by atoms with Gasteiger partial charge in [0.25, 0.3) is 0 Å². The molecule has 1 heterocycles. The molecule has 1 N–H and O–H groups in total. The zero-order chi connectivity index (χ0) is 19.8. The van der Waals surface area contributed by atoms with E-state index < -0.39 is 20.2 Å². The van der Waals surface area contributed by atoms with Crippen LogP contribution < -0.4 is 0 Å². The molecule has 1 aliphatic rings. The molecule has 0 radical (unpaired) electrons. The van der Waals surface area contributed by atoms with Gasteiger partial charge < -0.3 is 19.0 Å². The molecule has 2 atom stereocenters. The normalized spacial score (nSPS) is 23.0.